The number of carboxylic acid groups (broad SMARTS) is 2. The molecule has 0 aromatic carbocycles. The Morgan fingerprint density at radius 2 is 0.852 bits per heavy atom. The van der Waals surface area contributed by atoms with Crippen LogP contribution in [-0.4, -0.2) is 158 Å². The molecule has 2 saturated carbocycles. The number of amides is 2. The number of esters is 3. The second-order valence-corrected chi connectivity index (χ2v) is 29.4. The minimum Gasteiger partial charge on any atom is -0.480 e. The highest BCUT2D eigenvalue weighted by atomic mass is 32.2. The molecule has 81 heavy (non-hydrogen) atoms. The number of rotatable bonds is 16. The van der Waals surface area contributed by atoms with E-state index < -0.39 is 121 Å². The first-order chi connectivity index (χ1) is 35.9. The van der Waals surface area contributed by atoms with Gasteiger partial charge in [0.2, 0.25) is 0 Å². The Hall–Kier alpha value is -4.70. The van der Waals surface area contributed by atoms with Crippen molar-refractivity contribution in [2.45, 2.75) is 239 Å². The Labute approximate surface area is 492 Å². The van der Waals surface area contributed by atoms with E-state index in [2.05, 4.69) is 36.3 Å². The fourth-order valence-electron chi connectivity index (χ4n) is 7.28. The molecule has 7 atom stereocenters. The topological polar surface area (TPSA) is 285 Å². The van der Waals surface area contributed by atoms with Crippen molar-refractivity contribution >= 4 is 82.9 Å². The van der Waals surface area contributed by atoms with Gasteiger partial charge in [-0.1, -0.05) is 28.2 Å². The van der Waals surface area contributed by atoms with Gasteiger partial charge in [-0.25, -0.2) is 19.2 Å². The molecule has 0 radical (unpaired) electrons. The number of thioether (sulfide) groups is 2. The van der Waals surface area contributed by atoms with E-state index in [1.54, 1.807) is 151 Å². The van der Waals surface area contributed by atoms with Crippen LogP contribution in [0.5, 0.6) is 0 Å². The number of allylic oxidation sites excluding steroid dienone is 1. The molecule has 0 aromatic heterocycles. The van der Waals surface area contributed by atoms with Crippen LogP contribution in [0.25, 0.3) is 0 Å². The maximum atomic E-state index is 12.5. The number of Topliss-reactive ketones (excluding diaryl/α,β-unsaturated/α-hetero) is 2. The molecule has 0 bridgehead atoms. The Balaban J connectivity index is 0. The number of carbonyl (C=O) groups is 10. The minimum atomic E-state index is -1.21. The van der Waals surface area contributed by atoms with E-state index in [0.29, 0.717) is 0 Å². The molecule has 3 aliphatic carbocycles. The maximum absolute atomic E-state index is 12.5. The number of alkyl carbamates (subject to hydrolysis) is 2. The standard InChI is InChI=1S/2C20H33NO7S.C12H18O3.C6H15N.CH4/c2*1-18(2,3)16(25)27-14-12(9-13(22)20(14,7)8)29-10-11(15(23)24)21-17(26)28-19(4,5)6;1-11(2,3)10(14)15-9-7-6-8(13)12(9,4)5;1-4-7(5-2)6-3;/h2*11-12,14H,9-10H2,1-8H3,(H,21,26)(H,23,24);6-7,9H,1-5H3;4-6H2,1-3H3;1H4/t11?,12-,14-;11-,12-,14+;9-;;/m101../s1. The van der Waals surface area contributed by atoms with E-state index in [1.165, 1.54) is 49.2 Å². The number of nitrogens with one attached hydrogen (secondary N) is 2. The average molecular weight is 1190 g/mol. The van der Waals surface area contributed by atoms with Crippen LogP contribution in [0.4, 0.5) is 9.59 Å². The van der Waals surface area contributed by atoms with Crippen LogP contribution in [0.3, 0.4) is 0 Å². The van der Waals surface area contributed by atoms with Crippen molar-refractivity contribution in [2.24, 2.45) is 32.5 Å². The van der Waals surface area contributed by atoms with E-state index in [-0.39, 0.29) is 55.1 Å². The molecule has 4 N–H and O–H groups in total. The molecule has 1 unspecified atom stereocenters. The lowest BCUT2D eigenvalue weighted by molar-refractivity contribution is -0.164. The van der Waals surface area contributed by atoms with E-state index in [0.717, 1.165) is 0 Å². The first-order valence-electron chi connectivity index (χ1n) is 27.2. The van der Waals surface area contributed by atoms with Gasteiger partial charge in [0, 0.05) is 34.8 Å². The maximum Gasteiger partial charge on any atom is 0.408 e. The number of carbonyl (C=O) groups excluding carboxylic acids is 8. The Morgan fingerprint density at radius 3 is 1.07 bits per heavy atom. The van der Waals surface area contributed by atoms with E-state index in [1.807, 2.05) is 0 Å². The summed E-state index contributed by atoms with van der Waals surface area (Å²) in [5.41, 5.74) is -5.84. The van der Waals surface area contributed by atoms with Crippen LogP contribution in [0.2, 0.25) is 0 Å². The van der Waals surface area contributed by atoms with Crippen LogP contribution in [0.1, 0.15) is 186 Å². The molecule has 2 amide bonds. The zero-order chi connectivity index (χ0) is 63.1. The Bertz CT molecular complexity index is 2080. The average Bonchev–Trinajstić information content (AvgIpc) is 3.75. The summed E-state index contributed by atoms with van der Waals surface area (Å²) in [5, 5.41) is 22.7. The largest absolute Gasteiger partial charge is 0.480 e. The molecule has 3 rings (SSSR count). The fourth-order valence-corrected chi connectivity index (χ4v) is 10.3. The van der Waals surface area contributed by atoms with Gasteiger partial charge in [0.15, 0.2) is 5.78 Å². The number of ketones is 3. The lowest BCUT2D eigenvalue weighted by atomic mass is 9.87. The van der Waals surface area contributed by atoms with Crippen LogP contribution >= 0.6 is 23.5 Å². The number of nitrogens with zero attached hydrogens (tertiary/aromatic N) is 1. The number of carboxylic acids is 2. The van der Waals surface area contributed by atoms with Crippen LogP contribution in [0, 0.1) is 32.5 Å². The smallest absolute Gasteiger partial charge is 0.408 e. The van der Waals surface area contributed by atoms with Crippen molar-refractivity contribution < 1.29 is 81.8 Å². The third-order valence-electron chi connectivity index (χ3n) is 12.9. The molecule has 468 valence electrons. The molecule has 0 aliphatic heterocycles. The summed E-state index contributed by atoms with van der Waals surface area (Å²) in [5.74, 6) is -3.62. The van der Waals surface area contributed by atoms with Crippen LogP contribution < -0.4 is 10.6 Å². The van der Waals surface area contributed by atoms with Gasteiger partial charge in [-0.15, -0.1) is 0 Å². The quantitative estimate of drug-likeness (QED) is 0.0825. The second-order valence-electron chi connectivity index (χ2n) is 26.8. The van der Waals surface area contributed by atoms with Crippen molar-refractivity contribution in [3.63, 3.8) is 0 Å². The van der Waals surface area contributed by atoms with E-state index in [9.17, 15) is 58.2 Å². The second kappa shape index (κ2) is 31.3. The summed E-state index contributed by atoms with van der Waals surface area (Å²) >= 11 is 2.40. The van der Waals surface area contributed by atoms with Crippen molar-refractivity contribution in [1.82, 2.24) is 15.5 Å². The molecule has 20 nitrogen and oxygen atoms in total. The number of aliphatic carboxylic acids is 2. The number of hydrogen-bond acceptors (Lipinski definition) is 18. The van der Waals surface area contributed by atoms with Crippen LogP contribution in [0.15, 0.2) is 12.2 Å². The minimum absolute atomic E-state index is 0. The zero-order valence-corrected chi connectivity index (χ0v) is 54.1. The summed E-state index contributed by atoms with van der Waals surface area (Å²) in [4.78, 5) is 122. The monoisotopic (exact) mass is 1190 g/mol. The molecular formula is C59H103N3O17S2. The summed E-state index contributed by atoms with van der Waals surface area (Å²) < 4.78 is 26.9. The van der Waals surface area contributed by atoms with Crippen molar-refractivity contribution in [3.05, 3.63) is 12.2 Å². The molecule has 2 fully saturated rings. The first kappa shape index (κ1) is 78.4. The third-order valence-corrected chi connectivity index (χ3v) is 15.6. The van der Waals surface area contributed by atoms with Crippen molar-refractivity contribution in [3.8, 4) is 0 Å². The summed E-state index contributed by atoms with van der Waals surface area (Å²) in [6, 6.07) is -2.40. The lowest BCUT2D eigenvalue weighted by Crippen LogP contribution is -2.46. The molecule has 0 aromatic rings. The normalized spacial score (nSPS) is 21.6. The molecule has 0 spiro atoms. The Kier molecular flexibility index (Phi) is 30.3. The highest BCUT2D eigenvalue weighted by molar-refractivity contribution is 8.00. The molecule has 0 heterocycles. The van der Waals surface area contributed by atoms with Gasteiger partial charge in [-0.05, 0) is 177 Å². The number of hydrogen-bond donors (Lipinski definition) is 4. The van der Waals surface area contributed by atoms with E-state index in [4.69, 9.17) is 23.7 Å². The summed E-state index contributed by atoms with van der Waals surface area (Å²) in [7, 11) is 0. The molecule has 3 aliphatic rings. The fraction of sp³-hybridized carbons (Fsp3) is 0.797. The lowest BCUT2D eigenvalue weighted by Gasteiger charge is -2.31. The molecule has 22 heteroatoms. The van der Waals surface area contributed by atoms with Gasteiger partial charge in [0.25, 0.3) is 0 Å². The van der Waals surface area contributed by atoms with Gasteiger partial charge in [-0.3, -0.25) is 28.8 Å². The van der Waals surface area contributed by atoms with Crippen molar-refractivity contribution in [1.29, 1.82) is 0 Å². The highest BCUT2D eigenvalue weighted by Crippen LogP contribution is 2.45. The summed E-state index contributed by atoms with van der Waals surface area (Å²) in [6.45, 7) is 46.4. The van der Waals surface area contributed by atoms with Gasteiger partial charge >= 0.3 is 42.0 Å². The van der Waals surface area contributed by atoms with E-state index >= 15 is 0 Å². The molecular weight excluding hydrogens is 1090 g/mol. The third kappa shape index (κ3) is 26.2. The number of ether oxygens (including phenoxy) is 5. The van der Waals surface area contributed by atoms with Crippen molar-refractivity contribution in [2.75, 3.05) is 31.1 Å². The first-order valence-corrected chi connectivity index (χ1v) is 29.3. The SMILES string of the molecule is C.CC(C)(C)C(=O)O[C@@H]1C=CC(=O)C1(C)C.CC(C)(C)OC(=O)NC(CS[C@@H]1CC(=O)C(C)(C)[C@@H]1OC(=O)C(C)(C)C)C(=O)O.CC(C)(C)OC(=O)N[C@@H](CS[C@H]1CC(=O)C(C)(C)[C@@H]1OC(=O)C(C)(C)C)C(=O)O.CCN(CC)CC. The Morgan fingerprint density at radius 1 is 0.556 bits per heavy atom. The van der Waals surface area contributed by atoms with Gasteiger partial charge in [0.1, 0.15) is 53.2 Å². The zero-order valence-electron chi connectivity index (χ0n) is 52.4. The van der Waals surface area contributed by atoms with Crippen LogP contribution in [-0.2, 0) is 62.0 Å². The predicted molar refractivity (Wildman–Crippen MR) is 317 cm³/mol. The predicted octanol–water partition coefficient (Wildman–Crippen LogP) is 10.1. The summed E-state index contributed by atoms with van der Waals surface area (Å²) in [6.07, 6.45) is 0.0269. The highest BCUT2D eigenvalue weighted by Gasteiger charge is 2.54. The van der Waals surface area contributed by atoms with Gasteiger partial charge < -0.3 is 49.4 Å². The molecule has 0 saturated heterocycles. The van der Waals surface area contributed by atoms with Gasteiger partial charge in [-0.2, -0.15) is 23.5 Å². The van der Waals surface area contributed by atoms with Gasteiger partial charge in [0.05, 0.1) is 32.5 Å².